The molecule has 2 N–H and O–H groups in total. The van der Waals surface area contributed by atoms with Gasteiger partial charge in [-0.1, -0.05) is 6.07 Å². The topological polar surface area (TPSA) is 27.3 Å². The van der Waals surface area contributed by atoms with Crippen LogP contribution < -0.4 is 10.6 Å². The molecule has 1 aliphatic rings. The van der Waals surface area contributed by atoms with Crippen LogP contribution in [0, 0.1) is 0 Å². The number of likely N-dealkylation sites (tertiary alicyclic amines) is 1. The third-order valence-corrected chi connectivity index (χ3v) is 3.72. The molecule has 0 saturated carbocycles. The van der Waals surface area contributed by atoms with E-state index in [1.807, 2.05) is 0 Å². The molecule has 0 aromatic heterocycles. The van der Waals surface area contributed by atoms with E-state index in [9.17, 15) is 13.2 Å². The van der Waals surface area contributed by atoms with Gasteiger partial charge < -0.3 is 15.5 Å². The predicted octanol–water partition coefficient (Wildman–Crippen LogP) is 3.09. The van der Waals surface area contributed by atoms with Crippen molar-refractivity contribution in [3.05, 3.63) is 29.8 Å². The summed E-state index contributed by atoms with van der Waals surface area (Å²) in [6.07, 6.45) is -2.40. The van der Waals surface area contributed by atoms with Gasteiger partial charge in [-0.2, -0.15) is 13.2 Å². The Hall–Kier alpha value is -1.34. The van der Waals surface area contributed by atoms with Crippen LogP contribution in [0.25, 0.3) is 0 Å². The molecule has 0 aliphatic carbocycles. The SMILES string of the molecule is CN1CCC(NC(=S)Nc2cccc(C(F)(F)F)c2)CC1. The van der Waals surface area contributed by atoms with E-state index in [4.69, 9.17) is 12.2 Å². The maximum absolute atomic E-state index is 12.6. The number of benzene rings is 1. The number of thiocarbonyl (C=S) groups is 1. The zero-order valence-corrected chi connectivity index (χ0v) is 12.5. The molecule has 0 amide bonds. The average Bonchev–Trinajstić information content (AvgIpc) is 2.41. The molecule has 1 aromatic rings. The van der Waals surface area contributed by atoms with Gasteiger partial charge in [0, 0.05) is 11.7 Å². The molecule has 0 atom stereocenters. The van der Waals surface area contributed by atoms with Crippen molar-refractivity contribution < 1.29 is 13.2 Å². The molecular weight excluding hydrogens is 299 g/mol. The highest BCUT2D eigenvalue weighted by atomic mass is 32.1. The van der Waals surface area contributed by atoms with Crippen molar-refractivity contribution in [2.75, 3.05) is 25.5 Å². The summed E-state index contributed by atoms with van der Waals surface area (Å²) in [6.45, 7) is 1.98. The molecule has 7 heteroatoms. The van der Waals surface area contributed by atoms with Gasteiger partial charge in [-0.3, -0.25) is 0 Å². The number of hydrogen-bond donors (Lipinski definition) is 2. The van der Waals surface area contributed by atoms with Crippen LogP contribution in [0.5, 0.6) is 0 Å². The van der Waals surface area contributed by atoms with Gasteiger partial charge in [0.25, 0.3) is 0 Å². The second kappa shape index (κ2) is 6.62. The highest BCUT2D eigenvalue weighted by molar-refractivity contribution is 7.80. The average molecular weight is 317 g/mol. The summed E-state index contributed by atoms with van der Waals surface area (Å²) < 4.78 is 37.9. The number of hydrogen-bond acceptors (Lipinski definition) is 2. The lowest BCUT2D eigenvalue weighted by molar-refractivity contribution is -0.137. The van der Waals surface area contributed by atoms with Crippen molar-refractivity contribution in [2.45, 2.75) is 25.1 Å². The first kappa shape index (κ1) is 16.0. The van der Waals surface area contributed by atoms with E-state index in [-0.39, 0.29) is 6.04 Å². The summed E-state index contributed by atoms with van der Waals surface area (Å²) in [5, 5.41) is 6.34. The van der Waals surface area contributed by atoms with Crippen LogP contribution in [0.4, 0.5) is 18.9 Å². The maximum atomic E-state index is 12.6. The first-order valence-electron chi connectivity index (χ1n) is 6.78. The van der Waals surface area contributed by atoms with E-state index < -0.39 is 11.7 Å². The monoisotopic (exact) mass is 317 g/mol. The highest BCUT2D eigenvalue weighted by Gasteiger charge is 2.30. The second-order valence-corrected chi connectivity index (χ2v) is 5.66. The van der Waals surface area contributed by atoms with E-state index in [0.717, 1.165) is 38.1 Å². The van der Waals surface area contributed by atoms with Crippen LogP contribution in [0.15, 0.2) is 24.3 Å². The molecular formula is C14H18F3N3S. The third kappa shape index (κ3) is 4.86. The van der Waals surface area contributed by atoms with Gasteiger partial charge in [-0.25, -0.2) is 0 Å². The molecule has 1 heterocycles. The van der Waals surface area contributed by atoms with E-state index in [0.29, 0.717) is 10.8 Å². The first-order chi connectivity index (χ1) is 9.84. The fourth-order valence-corrected chi connectivity index (χ4v) is 2.56. The number of nitrogens with one attached hydrogen (secondary N) is 2. The summed E-state index contributed by atoms with van der Waals surface area (Å²) >= 11 is 5.17. The summed E-state index contributed by atoms with van der Waals surface area (Å²) in [5.74, 6) is 0. The first-order valence-corrected chi connectivity index (χ1v) is 7.19. The molecule has 0 unspecified atom stereocenters. The summed E-state index contributed by atoms with van der Waals surface area (Å²) in [4.78, 5) is 2.24. The van der Waals surface area contributed by atoms with Crippen molar-refractivity contribution in [3.63, 3.8) is 0 Å². The van der Waals surface area contributed by atoms with Crippen molar-refractivity contribution in [1.82, 2.24) is 10.2 Å². The summed E-state index contributed by atoms with van der Waals surface area (Å²) in [5.41, 5.74) is -0.343. The summed E-state index contributed by atoms with van der Waals surface area (Å²) in [6, 6.07) is 5.30. The number of alkyl halides is 3. The molecule has 0 bridgehead atoms. The van der Waals surface area contributed by atoms with Crippen LogP contribution in [0.2, 0.25) is 0 Å². The Morgan fingerprint density at radius 3 is 2.57 bits per heavy atom. The zero-order chi connectivity index (χ0) is 15.5. The molecule has 1 aromatic carbocycles. The molecule has 2 rings (SSSR count). The summed E-state index contributed by atoms with van der Waals surface area (Å²) in [7, 11) is 2.06. The quantitative estimate of drug-likeness (QED) is 0.820. The van der Waals surface area contributed by atoms with E-state index >= 15 is 0 Å². The minimum Gasteiger partial charge on any atom is -0.360 e. The Morgan fingerprint density at radius 2 is 1.95 bits per heavy atom. The lowest BCUT2D eigenvalue weighted by atomic mass is 10.1. The van der Waals surface area contributed by atoms with Crippen molar-refractivity contribution in [1.29, 1.82) is 0 Å². The Balaban J connectivity index is 1.91. The van der Waals surface area contributed by atoms with Gasteiger partial charge >= 0.3 is 6.18 Å². The Kier molecular flexibility index (Phi) is 5.05. The number of piperidine rings is 1. The lowest BCUT2D eigenvalue weighted by Gasteiger charge is -2.30. The normalized spacial score (nSPS) is 17.5. The Morgan fingerprint density at radius 1 is 1.29 bits per heavy atom. The molecule has 0 spiro atoms. The molecule has 21 heavy (non-hydrogen) atoms. The molecule has 1 fully saturated rings. The van der Waals surface area contributed by atoms with Crippen LogP contribution >= 0.6 is 12.2 Å². The number of nitrogens with zero attached hydrogens (tertiary/aromatic N) is 1. The van der Waals surface area contributed by atoms with Crippen LogP contribution in [0.3, 0.4) is 0 Å². The number of halogens is 3. The van der Waals surface area contributed by atoms with Crippen molar-refractivity contribution in [2.24, 2.45) is 0 Å². The Bertz CT molecular complexity index is 496. The Labute approximate surface area is 127 Å². The maximum Gasteiger partial charge on any atom is 0.416 e. The minimum atomic E-state index is -4.35. The fourth-order valence-electron chi connectivity index (χ4n) is 2.28. The predicted molar refractivity (Wildman–Crippen MR) is 81.3 cm³/mol. The number of rotatable bonds is 2. The van der Waals surface area contributed by atoms with Gasteiger partial charge in [-0.05, 0) is 63.4 Å². The van der Waals surface area contributed by atoms with Crippen LogP contribution in [-0.2, 0) is 6.18 Å². The van der Waals surface area contributed by atoms with Crippen LogP contribution in [-0.4, -0.2) is 36.2 Å². The van der Waals surface area contributed by atoms with Gasteiger partial charge in [0.2, 0.25) is 0 Å². The van der Waals surface area contributed by atoms with Gasteiger partial charge in [-0.15, -0.1) is 0 Å². The minimum absolute atomic E-state index is 0.270. The van der Waals surface area contributed by atoms with Gasteiger partial charge in [0.15, 0.2) is 5.11 Å². The molecule has 1 aliphatic heterocycles. The molecule has 116 valence electrons. The lowest BCUT2D eigenvalue weighted by Crippen LogP contribution is -2.44. The zero-order valence-electron chi connectivity index (χ0n) is 11.7. The van der Waals surface area contributed by atoms with E-state index in [1.165, 1.54) is 6.07 Å². The van der Waals surface area contributed by atoms with E-state index in [2.05, 4.69) is 22.6 Å². The standard InChI is InChI=1S/C14H18F3N3S/c1-20-7-5-11(6-8-20)18-13(21)19-12-4-2-3-10(9-12)14(15,16)17/h2-4,9,11H,5-8H2,1H3,(H2,18,19,21). The fraction of sp³-hybridized carbons (Fsp3) is 0.500. The van der Waals surface area contributed by atoms with Gasteiger partial charge in [0.05, 0.1) is 5.56 Å². The second-order valence-electron chi connectivity index (χ2n) is 5.25. The third-order valence-electron chi connectivity index (χ3n) is 3.50. The highest BCUT2D eigenvalue weighted by Crippen LogP contribution is 2.30. The van der Waals surface area contributed by atoms with Crippen LogP contribution in [0.1, 0.15) is 18.4 Å². The van der Waals surface area contributed by atoms with Crippen molar-refractivity contribution in [3.8, 4) is 0 Å². The number of anilines is 1. The smallest absolute Gasteiger partial charge is 0.360 e. The molecule has 3 nitrogen and oxygen atoms in total. The largest absolute Gasteiger partial charge is 0.416 e. The molecule has 1 saturated heterocycles. The van der Waals surface area contributed by atoms with Gasteiger partial charge in [0.1, 0.15) is 0 Å². The van der Waals surface area contributed by atoms with Crippen molar-refractivity contribution >= 4 is 23.0 Å². The molecule has 0 radical (unpaired) electrons. The van der Waals surface area contributed by atoms with E-state index in [1.54, 1.807) is 6.07 Å².